The van der Waals surface area contributed by atoms with Gasteiger partial charge in [-0.15, -0.1) is 0 Å². The average Bonchev–Trinajstić information content (AvgIpc) is 2.94. The van der Waals surface area contributed by atoms with Gasteiger partial charge in [-0.25, -0.2) is 4.79 Å². The molecule has 1 fully saturated rings. The van der Waals surface area contributed by atoms with Crippen molar-refractivity contribution in [3.63, 3.8) is 0 Å². The third-order valence-corrected chi connectivity index (χ3v) is 4.72. The first-order valence-electron chi connectivity index (χ1n) is 9.33. The third-order valence-electron chi connectivity index (χ3n) is 4.44. The van der Waals surface area contributed by atoms with Crippen molar-refractivity contribution in [1.82, 2.24) is 10.2 Å². The minimum Gasteiger partial charge on any atom is -0.493 e. The second-order valence-corrected chi connectivity index (χ2v) is 7.16. The summed E-state index contributed by atoms with van der Waals surface area (Å²) in [5, 5.41) is 2.95. The molecule has 2 aromatic rings. The van der Waals surface area contributed by atoms with E-state index in [1.165, 1.54) is 12.0 Å². The molecule has 1 saturated heterocycles. The molecular weight excluding hydrogens is 392 g/mol. The molecule has 0 saturated carbocycles. The van der Waals surface area contributed by atoms with Crippen LogP contribution in [0.1, 0.15) is 30.0 Å². The number of ether oxygens (including phenoxy) is 2. The van der Waals surface area contributed by atoms with Crippen LogP contribution in [0, 0.1) is 6.92 Å². The Hall–Kier alpha value is -2.99. The van der Waals surface area contributed by atoms with Crippen molar-refractivity contribution < 1.29 is 19.1 Å². The molecule has 1 aliphatic rings. The number of carbonyl (C=O) groups is 2. The van der Waals surface area contributed by atoms with E-state index in [9.17, 15) is 9.59 Å². The van der Waals surface area contributed by atoms with E-state index in [0.29, 0.717) is 41.7 Å². The predicted molar refractivity (Wildman–Crippen MR) is 112 cm³/mol. The Morgan fingerprint density at radius 2 is 2.00 bits per heavy atom. The number of hydrogen-bond donors (Lipinski definition) is 1. The van der Waals surface area contributed by atoms with Gasteiger partial charge in [-0.05, 0) is 42.7 Å². The standard InChI is InChI=1S/C22H23ClN2O4/c1-4-8-25-21(26)18(24-22(25)27)11-16-10-17(23)20(19(12-16)28-3)29-13-15-7-5-6-14(2)9-15/h5-7,9-12H,4,8,13H2,1-3H3,(H,24,27)/b18-11+. The summed E-state index contributed by atoms with van der Waals surface area (Å²) in [6, 6.07) is 11.0. The zero-order chi connectivity index (χ0) is 21.0. The summed E-state index contributed by atoms with van der Waals surface area (Å²) in [4.78, 5) is 25.5. The maximum atomic E-state index is 12.4. The molecule has 0 spiro atoms. The van der Waals surface area contributed by atoms with Crippen LogP contribution in [0.5, 0.6) is 11.5 Å². The predicted octanol–water partition coefficient (Wildman–Crippen LogP) is 4.54. The molecular formula is C22H23ClN2O4. The van der Waals surface area contributed by atoms with Crippen molar-refractivity contribution in [2.24, 2.45) is 0 Å². The van der Waals surface area contributed by atoms with Crippen LogP contribution in [-0.4, -0.2) is 30.5 Å². The van der Waals surface area contributed by atoms with E-state index in [4.69, 9.17) is 21.1 Å². The molecule has 2 aromatic carbocycles. The fraction of sp³-hybridized carbons (Fsp3) is 0.273. The van der Waals surface area contributed by atoms with Crippen LogP contribution in [0.4, 0.5) is 4.79 Å². The number of nitrogens with zero attached hydrogens (tertiary/aromatic N) is 1. The third kappa shape index (κ3) is 4.71. The van der Waals surface area contributed by atoms with Crippen molar-refractivity contribution in [2.75, 3.05) is 13.7 Å². The molecule has 1 aliphatic heterocycles. The molecule has 3 amide bonds. The van der Waals surface area contributed by atoms with Gasteiger partial charge in [0, 0.05) is 6.54 Å². The number of rotatable bonds is 7. The van der Waals surface area contributed by atoms with E-state index in [0.717, 1.165) is 11.1 Å². The zero-order valence-corrected chi connectivity index (χ0v) is 17.4. The van der Waals surface area contributed by atoms with E-state index in [1.807, 2.05) is 38.1 Å². The van der Waals surface area contributed by atoms with E-state index in [-0.39, 0.29) is 11.6 Å². The minimum absolute atomic E-state index is 0.204. The Kier molecular flexibility index (Phi) is 6.44. The minimum atomic E-state index is -0.417. The fourth-order valence-electron chi connectivity index (χ4n) is 3.09. The van der Waals surface area contributed by atoms with Gasteiger partial charge >= 0.3 is 6.03 Å². The number of urea groups is 1. The molecule has 0 aliphatic carbocycles. The monoisotopic (exact) mass is 414 g/mol. The van der Waals surface area contributed by atoms with Crippen LogP contribution in [0.15, 0.2) is 42.1 Å². The summed E-state index contributed by atoms with van der Waals surface area (Å²) in [6.07, 6.45) is 2.27. The number of carbonyl (C=O) groups excluding carboxylic acids is 2. The number of aryl methyl sites for hydroxylation is 1. The summed E-state index contributed by atoms with van der Waals surface area (Å²) in [6.45, 7) is 4.64. The van der Waals surface area contributed by atoms with Gasteiger partial charge in [0.2, 0.25) is 0 Å². The Morgan fingerprint density at radius 3 is 2.69 bits per heavy atom. The van der Waals surface area contributed by atoms with Crippen LogP contribution in [0.3, 0.4) is 0 Å². The molecule has 7 heteroatoms. The summed E-state index contributed by atoms with van der Waals surface area (Å²) in [5.74, 6) is 0.512. The normalized spacial score (nSPS) is 15.0. The van der Waals surface area contributed by atoms with Gasteiger partial charge < -0.3 is 14.8 Å². The lowest BCUT2D eigenvalue weighted by molar-refractivity contribution is -0.122. The highest BCUT2D eigenvalue weighted by atomic mass is 35.5. The zero-order valence-electron chi connectivity index (χ0n) is 16.6. The van der Waals surface area contributed by atoms with Gasteiger partial charge in [0.15, 0.2) is 11.5 Å². The molecule has 0 radical (unpaired) electrons. The van der Waals surface area contributed by atoms with Crippen LogP contribution in [0.25, 0.3) is 6.08 Å². The Labute approximate surface area is 175 Å². The lowest BCUT2D eigenvalue weighted by atomic mass is 10.1. The maximum Gasteiger partial charge on any atom is 0.329 e. The quantitative estimate of drug-likeness (QED) is 0.533. The van der Waals surface area contributed by atoms with Crippen LogP contribution < -0.4 is 14.8 Å². The number of hydrogen-bond acceptors (Lipinski definition) is 4. The van der Waals surface area contributed by atoms with Gasteiger partial charge in [-0.1, -0.05) is 48.4 Å². The molecule has 29 heavy (non-hydrogen) atoms. The lowest BCUT2D eigenvalue weighted by Crippen LogP contribution is -2.31. The molecule has 0 aromatic heterocycles. The lowest BCUT2D eigenvalue weighted by Gasteiger charge is -2.14. The number of benzene rings is 2. The number of halogens is 1. The molecule has 1 N–H and O–H groups in total. The van der Waals surface area contributed by atoms with Crippen molar-refractivity contribution in [2.45, 2.75) is 26.9 Å². The van der Waals surface area contributed by atoms with E-state index in [2.05, 4.69) is 5.32 Å². The Morgan fingerprint density at radius 1 is 1.21 bits per heavy atom. The van der Waals surface area contributed by atoms with Crippen molar-refractivity contribution in [1.29, 1.82) is 0 Å². The molecule has 1 heterocycles. The van der Waals surface area contributed by atoms with Crippen molar-refractivity contribution >= 4 is 29.6 Å². The Bertz CT molecular complexity index is 971. The van der Waals surface area contributed by atoms with E-state index in [1.54, 1.807) is 18.2 Å². The van der Waals surface area contributed by atoms with Crippen LogP contribution in [-0.2, 0) is 11.4 Å². The average molecular weight is 415 g/mol. The van der Waals surface area contributed by atoms with Crippen molar-refractivity contribution in [3.05, 3.63) is 63.8 Å². The highest BCUT2D eigenvalue weighted by Gasteiger charge is 2.32. The summed E-state index contributed by atoms with van der Waals surface area (Å²) in [5.41, 5.74) is 2.99. The second-order valence-electron chi connectivity index (χ2n) is 6.76. The van der Waals surface area contributed by atoms with E-state index < -0.39 is 6.03 Å². The van der Waals surface area contributed by atoms with Crippen molar-refractivity contribution in [3.8, 4) is 11.5 Å². The van der Waals surface area contributed by atoms with Gasteiger partial charge in [0.1, 0.15) is 12.3 Å². The van der Waals surface area contributed by atoms with E-state index >= 15 is 0 Å². The number of imide groups is 1. The Balaban J connectivity index is 1.83. The van der Waals surface area contributed by atoms with Crippen LogP contribution >= 0.6 is 11.6 Å². The summed E-state index contributed by atoms with van der Waals surface area (Å²) < 4.78 is 11.3. The molecule has 6 nitrogen and oxygen atoms in total. The first kappa shape index (κ1) is 20.7. The smallest absolute Gasteiger partial charge is 0.329 e. The second kappa shape index (κ2) is 9.01. The largest absolute Gasteiger partial charge is 0.493 e. The number of methoxy groups -OCH3 is 1. The van der Waals surface area contributed by atoms with Gasteiger partial charge in [0.05, 0.1) is 12.1 Å². The maximum absolute atomic E-state index is 12.4. The molecule has 0 unspecified atom stereocenters. The molecule has 3 rings (SSSR count). The highest BCUT2D eigenvalue weighted by molar-refractivity contribution is 6.32. The van der Waals surface area contributed by atoms with Crippen LogP contribution in [0.2, 0.25) is 5.02 Å². The topological polar surface area (TPSA) is 67.9 Å². The molecule has 0 atom stereocenters. The summed E-state index contributed by atoms with van der Waals surface area (Å²) >= 11 is 6.42. The summed E-state index contributed by atoms with van der Waals surface area (Å²) in [7, 11) is 1.52. The first-order valence-corrected chi connectivity index (χ1v) is 9.71. The van der Waals surface area contributed by atoms with Gasteiger partial charge in [-0.3, -0.25) is 9.69 Å². The number of amides is 3. The first-order chi connectivity index (χ1) is 13.9. The fourth-order valence-corrected chi connectivity index (χ4v) is 3.36. The number of nitrogens with one attached hydrogen (secondary N) is 1. The molecule has 0 bridgehead atoms. The van der Waals surface area contributed by atoms with Gasteiger partial charge in [0.25, 0.3) is 5.91 Å². The molecule has 152 valence electrons. The SMILES string of the molecule is CCCN1C(=O)N/C(=C/c2cc(Cl)c(OCc3cccc(C)c3)c(OC)c2)C1=O. The highest BCUT2D eigenvalue weighted by Crippen LogP contribution is 2.37. The van der Waals surface area contributed by atoms with Gasteiger partial charge in [-0.2, -0.15) is 0 Å².